The quantitative estimate of drug-likeness (QED) is 0.0956. The van der Waals surface area contributed by atoms with Crippen molar-refractivity contribution < 1.29 is 55.2 Å². The zero-order valence-electron chi connectivity index (χ0n) is 18.9. The highest BCUT2D eigenvalue weighted by Gasteiger charge is 2.23. The number of phenolic OH excluding ortho intramolecular Hbond substituents is 7. The van der Waals surface area contributed by atoms with Crippen molar-refractivity contribution in [2.45, 2.75) is 12.5 Å². The van der Waals surface area contributed by atoms with Crippen LogP contribution in [0.1, 0.15) is 22.3 Å². The highest BCUT2D eigenvalue weighted by molar-refractivity contribution is 5.90. The van der Waals surface area contributed by atoms with Gasteiger partial charge >= 0.3 is 11.9 Å². The number of ether oxygens (including phenoxy) is 1. The van der Waals surface area contributed by atoms with Gasteiger partial charge in [-0.25, -0.2) is 9.59 Å². The summed E-state index contributed by atoms with van der Waals surface area (Å²) in [6.07, 6.45) is 3.02. The highest BCUT2D eigenvalue weighted by atomic mass is 16.6. The summed E-state index contributed by atoms with van der Waals surface area (Å²) >= 11 is 0. The van der Waals surface area contributed by atoms with E-state index in [2.05, 4.69) is 0 Å². The van der Waals surface area contributed by atoms with Gasteiger partial charge < -0.3 is 45.6 Å². The Bertz CT molecular complexity index is 1380. The Hall–Kier alpha value is -5.32. The molecule has 0 aliphatic carbocycles. The first kappa shape index (κ1) is 26.3. The standard InChI is InChI=1S/C26H22O11/c27-17-5-2-13(7-18(17)28)1-3-15-11-19(29)20(30)12-16(15)4-6-24(33)37-23(26(35)36)10-14-8-21(31)25(34)22(32)9-14/h1-9,11-12,23,27-32,34H,10H2,(H,35,36)/t23-/m1/s1. The summed E-state index contributed by atoms with van der Waals surface area (Å²) in [5.41, 5.74) is 1.14. The average molecular weight is 510 g/mol. The fraction of sp³-hybridized carbons (Fsp3) is 0.0769. The van der Waals surface area contributed by atoms with Gasteiger partial charge in [-0.15, -0.1) is 0 Å². The lowest BCUT2D eigenvalue weighted by Gasteiger charge is -2.13. The van der Waals surface area contributed by atoms with E-state index in [0.29, 0.717) is 11.1 Å². The van der Waals surface area contributed by atoms with Crippen molar-refractivity contribution in [3.63, 3.8) is 0 Å². The van der Waals surface area contributed by atoms with Crippen molar-refractivity contribution >= 4 is 30.2 Å². The molecule has 0 aromatic heterocycles. The lowest BCUT2D eigenvalue weighted by Crippen LogP contribution is -2.28. The molecule has 0 fully saturated rings. The molecule has 1 atom stereocenters. The number of aliphatic carboxylic acids is 1. The first-order chi connectivity index (χ1) is 17.4. The Morgan fingerprint density at radius 1 is 0.703 bits per heavy atom. The maximum Gasteiger partial charge on any atom is 0.345 e. The van der Waals surface area contributed by atoms with E-state index < -0.39 is 53.2 Å². The Morgan fingerprint density at radius 2 is 1.27 bits per heavy atom. The second-order valence-corrected chi connectivity index (χ2v) is 7.84. The number of carboxylic acids is 1. The highest BCUT2D eigenvalue weighted by Crippen LogP contribution is 2.36. The number of hydrogen-bond acceptors (Lipinski definition) is 10. The molecule has 3 rings (SSSR count). The number of carbonyl (C=O) groups excluding carboxylic acids is 1. The molecule has 0 spiro atoms. The molecule has 0 amide bonds. The second kappa shape index (κ2) is 11.0. The Morgan fingerprint density at radius 3 is 1.84 bits per heavy atom. The zero-order chi connectivity index (χ0) is 27.3. The van der Waals surface area contributed by atoms with E-state index in [1.165, 1.54) is 42.5 Å². The van der Waals surface area contributed by atoms with Crippen LogP contribution in [0.2, 0.25) is 0 Å². The minimum atomic E-state index is -1.70. The van der Waals surface area contributed by atoms with Gasteiger partial charge in [-0.3, -0.25) is 0 Å². The SMILES string of the molecule is O=C(C=Cc1cc(O)c(O)cc1C=Cc1ccc(O)c(O)c1)O[C@H](Cc1cc(O)c(O)c(O)c1)C(=O)O. The molecule has 0 heterocycles. The molecule has 3 aromatic rings. The number of benzene rings is 3. The van der Waals surface area contributed by atoms with Gasteiger partial charge in [0.05, 0.1) is 0 Å². The van der Waals surface area contributed by atoms with Gasteiger partial charge in [-0.2, -0.15) is 0 Å². The van der Waals surface area contributed by atoms with Crippen LogP contribution in [0.3, 0.4) is 0 Å². The van der Waals surface area contributed by atoms with Crippen LogP contribution in [-0.2, 0) is 20.7 Å². The van der Waals surface area contributed by atoms with Gasteiger partial charge in [0.2, 0.25) is 6.10 Å². The normalized spacial score (nSPS) is 12.1. The van der Waals surface area contributed by atoms with Gasteiger partial charge in [0.1, 0.15) is 0 Å². The second-order valence-electron chi connectivity index (χ2n) is 7.84. The lowest BCUT2D eigenvalue weighted by molar-refractivity contribution is -0.160. The molecule has 0 radical (unpaired) electrons. The molecule has 8 N–H and O–H groups in total. The molecular weight excluding hydrogens is 488 g/mol. The van der Waals surface area contributed by atoms with E-state index in [0.717, 1.165) is 24.3 Å². The van der Waals surface area contributed by atoms with Gasteiger partial charge in [-0.05, 0) is 64.7 Å². The van der Waals surface area contributed by atoms with E-state index in [4.69, 9.17) is 4.74 Å². The fourth-order valence-corrected chi connectivity index (χ4v) is 3.24. The topological polar surface area (TPSA) is 205 Å². The van der Waals surface area contributed by atoms with Crippen molar-refractivity contribution in [1.29, 1.82) is 0 Å². The number of rotatable bonds is 8. The summed E-state index contributed by atoms with van der Waals surface area (Å²) in [5, 5.41) is 76.8. The van der Waals surface area contributed by atoms with Crippen LogP contribution in [-0.4, -0.2) is 58.9 Å². The number of phenols is 7. The summed E-state index contributed by atoms with van der Waals surface area (Å²) in [6.45, 7) is 0. The molecule has 0 aliphatic rings. The Balaban J connectivity index is 1.80. The molecule has 11 nitrogen and oxygen atoms in total. The first-order valence-corrected chi connectivity index (χ1v) is 10.6. The molecule has 0 saturated heterocycles. The van der Waals surface area contributed by atoms with Crippen LogP contribution in [0.4, 0.5) is 0 Å². The number of hydrogen-bond donors (Lipinski definition) is 8. The average Bonchev–Trinajstić information content (AvgIpc) is 2.83. The summed E-state index contributed by atoms with van der Waals surface area (Å²) in [6, 6.07) is 8.47. The summed E-state index contributed by atoms with van der Waals surface area (Å²) < 4.78 is 4.96. The third-order valence-corrected chi connectivity index (χ3v) is 5.12. The molecular formula is C26H22O11. The molecule has 0 aliphatic heterocycles. The van der Waals surface area contributed by atoms with E-state index in [1.54, 1.807) is 0 Å². The van der Waals surface area contributed by atoms with Crippen molar-refractivity contribution in [3.8, 4) is 40.2 Å². The molecule has 37 heavy (non-hydrogen) atoms. The summed E-state index contributed by atoms with van der Waals surface area (Å²) in [5.74, 6) is -6.28. The maximum absolute atomic E-state index is 12.3. The monoisotopic (exact) mass is 510 g/mol. The van der Waals surface area contributed by atoms with Crippen molar-refractivity contribution in [1.82, 2.24) is 0 Å². The Labute approximate surface area is 209 Å². The van der Waals surface area contributed by atoms with Gasteiger partial charge in [-0.1, -0.05) is 18.2 Å². The van der Waals surface area contributed by atoms with E-state index in [1.807, 2.05) is 0 Å². The van der Waals surface area contributed by atoms with Gasteiger partial charge in [0.25, 0.3) is 0 Å². The van der Waals surface area contributed by atoms with Crippen LogP contribution in [0, 0.1) is 0 Å². The predicted octanol–water partition coefficient (Wildman–Crippen LogP) is 3.05. The first-order valence-electron chi connectivity index (χ1n) is 10.6. The van der Waals surface area contributed by atoms with E-state index in [9.17, 15) is 50.4 Å². The molecule has 0 bridgehead atoms. The molecule has 11 heteroatoms. The molecule has 192 valence electrons. The van der Waals surface area contributed by atoms with Crippen LogP contribution in [0.5, 0.6) is 40.2 Å². The van der Waals surface area contributed by atoms with Gasteiger partial charge in [0.15, 0.2) is 40.2 Å². The third kappa shape index (κ3) is 6.63. The van der Waals surface area contributed by atoms with Crippen molar-refractivity contribution in [2.24, 2.45) is 0 Å². The molecule has 0 saturated carbocycles. The third-order valence-electron chi connectivity index (χ3n) is 5.12. The lowest BCUT2D eigenvalue weighted by atomic mass is 10.0. The maximum atomic E-state index is 12.3. The van der Waals surface area contributed by atoms with E-state index >= 15 is 0 Å². The fourth-order valence-electron chi connectivity index (χ4n) is 3.24. The minimum Gasteiger partial charge on any atom is -0.504 e. The van der Waals surface area contributed by atoms with Crippen molar-refractivity contribution in [2.75, 3.05) is 0 Å². The van der Waals surface area contributed by atoms with Crippen LogP contribution in [0.25, 0.3) is 18.2 Å². The van der Waals surface area contributed by atoms with Crippen molar-refractivity contribution in [3.05, 3.63) is 70.8 Å². The van der Waals surface area contributed by atoms with E-state index in [-0.39, 0.29) is 22.6 Å². The predicted molar refractivity (Wildman–Crippen MR) is 130 cm³/mol. The number of esters is 1. The largest absolute Gasteiger partial charge is 0.504 e. The van der Waals surface area contributed by atoms with Gasteiger partial charge in [0, 0.05) is 12.5 Å². The number of carbonyl (C=O) groups is 2. The molecule has 3 aromatic carbocycles. The summed E-state index contributed by atoms with van der Waals surface area (Å²) in [4.78, 5) is 23.9. The smallest absolute Gasteiger partial charge is 0.345 e. The van der Waals surface area contributed by atoms with Crippen LogP contribution >= 0.6 is 0 Å². The zero-order valence-corrected chi connectivity index (χ0v) is 18.9. The molecule has 0 unspecified atom stereocenters. The van der Waals surface area contributed by atoms with Crippen LogP contribution in [0.15, 0.2) is 48.5 Å². The number of carboxylic acid groups (broad SMARTS) is 1. The minimum absolute atomic E-state index is 0.0770. The van der Waals surface area contributed by atoms with Crippen LogP contribution < -0.4 is 0 Å². The summed E-state index contributed by atoms with van der Waals surface area (Å²) in [7, 11) is 0. The number of aromatic hydroxyl groups is 7. The Kier molecular flexibility index (Phi) is 7.78.